The molecule has 0 atom stereocenters. The number of rotatable bonds is 7. The Morgan fingerprint density at radius 2 is 1.92 bits per heavy atom. The highest BCUT2D eigenvalue weighted by Crippen LogP contribution is 2.24. The summed E-state index contributed by atoms with van der Waals surface area (Å²) in [6.07, 6.45) is 3.22. The van der Waals surface area contributed by atoms with E-state index in [2.05, 4.69) is 16.0 Å². The zero-order chi connectivity index (χ0) is 18.1. The Hall–Kier alpha value is -2.28. The molecule has 1 aliphatic carbocycles. The van der Waals surface area contributed by atoms with E-state index in [-0.39, 0.29) is 23.9 Å². The molecule has 3 amide bonds. The van der Waals surface area contributed by atoms with Crippen LogP contribution in [-0.4, -0.2) is 45.4 Å². The van der Waals surface area contributed by atoms with E-state index in [1.165, 1.54) is 0 Å². The molecule has 25 heavy (non-hydrogen) atoms. The predicted molar refractivity (Wildman–Crippen MR) is 95.8 cm³/mol. The van der Waals surface area contributed by atoms with E-state index in [9.17, 15) is 9.59 Å². The standard InChI is InChI=1S/C18H27N3O4/c1-19-17(22)13-6-8-14(9-7-13)20-18(23)21-15-4-3-5-16(12-15)25-11-10-24-2/h3-5,12-14H,6-11H2,1-2H3,(H,19,22)(H2,20,21,23). The molecule has 138 valence electrons. The first-order chi connectivity index (χ1) is 12.1. The van der Waals surface area contributed by atoms with Crippen LogP contribution in [0.5, 0.6) is 5.75 Å². The van der Waals surface area contributed by atoms with Gasteiger partial charge in [0, 0.05) is 37.9 Å². The molecule has 0 radical (unpaired) electrons. The number of carbonyl (C=O) groups excluding carboxylic acids is 2. The molecule has 0 bridgehead atoms. The fourth-order valence-corrected chi connectivity index (χ4v) is 2.96. The average molecular weight is 349 g/mol. The molecule has 3 N–H and O–H groups in total. The molecule has 0 saturated heterocycles. The van der Waals surface area contributed by atoms with E-state index in [1.807, 2.05) is 18.2 Å². The van der Waals surface area contributed by atoms with Gasteiger partial charge in [-0.15, -0.1) is 0 Å². The molecule has 1 aromatic carbocycles. The third kappa shape index (κ3) is 6.26. The maximum atomic E-state index is 12.2. The van der Waals surface area contributed by atoms with E-state index >= 15 is 0 Å². The molecule has 1 aromatic rings. The first kappa shape index (κ1) is 19.1. The highest BCUT2D eigenvalue weighted by atomic mass is 16.5. The van der Waals surface area contributed by atoms with Crippen molar-refractivity contribution in [2.75, 3.05) is 32.7 Å². The predicted octanol–water partition coefficient (Wildman–Crippen LogP) is 2.14. The van der Waals surface area contributed by atoms with Gasteiger partial charge in [0.05, 0.1) is 6.61 Å². The number of anilines is 1. The highest BCUT2D eigenvalue weighted by molar-refractivity contribution is 5.89. The summed E-state index contributed by atoms with van der Waals surface area (Å²) >= 11 is 0. The number of amides is 3. The summed E-state index contributed by atoms with van der Waals surface area (Å²) in [5.74, 6) is 0.834. The molecule has 0 heterocycles. The van der Waals surface area contributed by atoms with Crippen LogP contribution >= 0.6 is 0 Å². The van der Waals surface area contributed by atoms with Crippen molar-refractivity contribution in [2.24, 2.45) is 5.92 Å². The topological polar surface area (TPSA) is 88.7 Å². The van der Waals surface area contributed by atoms with E-state index in [0.717, 1.165) is 25.7 Å². The third-order valence-corrected chi connectivity index (χ3v) is 4.33. The quantitative estimate of drug-likeness (QED) is 0.658. The van der Waals surface area contributed by atoms with Crippen LogP contribution < -0.4 is 20.7 Å². The Kier molecular flexibility index (Phi) is 7.53. The number of hydrogen-bond donors (Lipinski definition) is 3. The first-order valence-corrected chi connectivity index (χ1v) is 8.63. The number of hydrogen-bond acceptors (Lipinski definition) is 4. The number of urea groups is 1. The third-order valence-electron chi connectivity index (χ3n) is 4.33. The monoisotopic (exact) mass is 349 g/mol. The minimum atomic E-state index is -0.238. The molecule has 0 aromatic heterocycles. The van der Waals surface area contributed by atoms with Gasteiger partial charge in [0.25, 0.3) is 0 Å². The fraction of sp³-hybridized carbons (Fsp3) is 0.556. The molecule has 0 spiro atoms. The van der Waals surface area contributed by atoms with Crippen molar-refractivity contribution >= 4 is 17.6 Å². The molecule has 2 rings (SSSR count). The zero-order valence-corrected chi connectivity index (χ0v) is 14.8. The molecule has 1 saturated carbocycles. The number of carbonyl (C=O) groups is 2. The largest absolute Gasteiger partial charge is 0.491 e. The van der Waals surface area contributed by atoms with Crippen LogP contribution in [0.1, 0.15) is 25.7 Å². The minimum Gasteiger partial charge on any atom is -0.491 e. The molecule has 1 aliphatic rings. The van der Waals surface area contributed by atoms with Gasteiger partial charge in [-0.25, -0.2) is 4.79 Å². The second-order valence-electron chi connectivity index (χ2n) is 6.13. The fourth-order valence-electron chi connectivity index (χ4n) is 2.96. The van der Waals surface area contributed by atoms with Crippen molar-refractivity contribution in [1.82, 2.24) is 10.6 Å². The molecule has 0 aliphatic heterocycles. The van der Waals surface area contributed by atoms with Crippen molar-refractivity contribution in [3.8, 4) is 5.75 Å². The van der Waals surface area contributed by atoms with Crippen LogP contribution in [0.3, 0.4) is 0 Å². The molecule has 1 fully saturated rings. The lowest BCUT2D eigenvalue weighted by molar-refractivity contribution is -0.125. The lowest BCUT2D eigenvalue weighted by Gasteiger charge is -2.28. The second-order valence-corrected chi connectivity index (χ2v) is 6.13. The van der Waals surface area contributed by atoms with Gasteiger partial charge in [0.15, 0.2) is 0 Å². The Morgan fingerprint density at radius 1 is 1.16 bits per heavy atom. The molecular weight excluding hydrogens is 322 g/mol. The minimum absolute atomic E-state index is 0.0621. The number of nitrogens with one attached hydrogen (secondary N) is 3. The van der Waals surface area contributed by atoms with E-state index in [4.69, 9.17) is 9.47 Å². The lowest BCUT2D eigenvalue weighted by Crippen LogP contribution is -2.42. The van der Waals surface area contributed by atoms with Crippen LogP contribution in [-0.2, 0) is 9.53 Å². The highest BCUT2D eigenvalue weighted by Gasteiger charge is 2.26. The normalized spacial score (nSPS) is 19.8. The summed E-state index contributed by atoms with van der Waals surface area (Å²) in [5.41, 5.74) is 0.673. The Balaban J connectivity index is 1.77. The maximum Gasteiger partial charge on any atom is 0.319 e. The van der Waals surface area contributed by atoms with Crippen LogP contribution in [0.15, 0.2) is 24.3 Å². The van der Waals surface area contributed by atoms with Gasteiger partial charge >= 0.3 is 6.03 Å². The summed E-state index contributed by atoms with van der Waals surface area (Å²) in [7, 11) is 3.28. The van der Waals surface area contributed by atoms with Gasteiger partial charge in [0.1, 0.15) is 12.4 Å². The van der Waals surface area contributed by atoms with Gasteiger partial charge in [-0.2, -0.15) is 0 Å². The van der Waals surface area contributed by atoms with Gasteiger partial charge in [0.2, 0.25) is 5.91 Å². The van der Waals surface area contributed by atoms with Crippen molar-refractivity contribution in [2.45, 2.75) is 31.7 Å². The van der Waals surface area contributed by atoms with E-state index in [0.29, 0.717) is 24.7 Å². The molecule has 0 unspecified atom stereocenters. The number of methoxy groups -OCH3 is 1. The second kappa shape index (κ2) is 9.88. The maximum absolute atomic E-state index is 12.2. The van der Waals surface area contributed by atoms with Gasteiger partial charge in [-0.1, -0.05) is 6.07 Å². The zero-order valence-electron chi connectivity index (χ0n) is 14.8. The van der Waals surface area contributed by atoms with Crippen LogP contribution in [0.4, 0.5) is 10.5 Å². The van der Waals surface area contributed by atoms with Crippen molar-refractivity contribution < 1.29 is 19.1 Å². The summed E-state index contributed by atoms with van der Waals surface area (Å²) < 4.78 is 10.5. The van der Waals surface area contributed by atoms with E-state index in [1.54, 1.807) is 20.2 Å². The Bertz CT molecular complexity index is 571. The number of ether oxygens (including phenoxy) is 2. The Morgan fingerprint density at radius 3 is 2.60 bits per heavy atom. The smallest absolute Gasteiger partial charge is 0.319 e. The summed E-state index contributed by atoms with van der Waals surface area (Å²) in [5, 5.41) is 8.49. The van der Waals surface area contributed by atoms with E-state index < -0.39 is 0 Å². The Labute approximate surface area is 148 Å². The molecule has 7 nitrogen and oxygen atoms in total. The van der Waals surface area contributed by atoms with Crippen molar-refractivity contribution in [3.05, 3.63) is 24.3 Å². The average Bonchev–Trinajstić information content (AvgIpc) is 2.62. The van der Waals surface area contributed by atoms with Crippen molar-refractivity contribution in [3.63, 3.8) is 0 Å². The van der Waals surface area contributed by atoms with Crippen LogP contribution in [0.2, 0.25) is 0 Å². The van der Waals surface area contributed by atoms with Crippen LogP contribution in [0, 0.1) is 5.92 Å². The lowest BCUT2D eigenvalue weighted by atomic mass is 9.85. The molecule has 7 heteroatoms. The summed E-state index contributed by atoms with van der Waals surface area (Å²) in [6.45, 7) is 0.970. The SMILES string of the molecule is CNC(=O)C1CCC(NC(=O)Nc2cccc(OCCOC)c2)CC1. The van der Waals surface area contributed by atoms with Gasteiger partial charge in [-0.3, -0.25) is 4.79 Å². The van der Waals surface area contributed by atoms with Crippen LogP contribution in [0.25, 0.3) is 0 Å². The summed E-state index contributed by atoms with van der Waals surface area (Å²) in [4.78, 5) is 23.8. The van der Waals surface area contributed by atoms with Gasteiger partial charge < -0.3 is 25.4 Å². The van der Waals surface area contributed by atoms with Crippen molar-refractivity contribution in [1.29, 1.82) is 0 Å². The van der Waals surface area contributed by atoms with Gasteiger partial charge in [-0.05, 0) is 37.8 Å². The molecular formula is C18H27N3O4. The number of benzene rings is 1. The first-order valence-electron chi connectivity index (χ1n) is 8.63. The summed E-state index contributed by atoms with van der Waals surface area (Å²) in [6, 6.07) is 7.10.